The van der Waals surface area contributed by atoms with Gasteiger partial charge >= 0.3 is 5.97 Å². The molecule has 0 aliphatic rings. The molecule has 3 N–H and O–H groups in total. The maximum absolute atomic E-state index is 13.3. The van der Waals surface area contributed by atoms with Crippen molar-refractivity contribution in [3.8, 4) is 0 Å². The van der Waals surface area contributed by atoms with E-state index in [0.29, 0.717) is 19.3 Å². The van der Waals surface area contributed by atoms with E-state index in [2.05, 4.69) is 62.5 Å². The molecule has 0 aromatic carbocycles. The Kier molecular flexibility index (Phi) is 53.4. The van der Waals surface area contributed by atoms with Crippen LogP contribution in [-0.4, -0.2) is 46.9 Å². The lowest BCUT2D eigenvalue weighted by atomic mass is 10.0. The molecule has 1 amide bonds. The number of carbonyl (C=O) groups excluding carboxylic acids is 2. The van der Waals surface area contributed by atoms with Crippen LogP contribution in [0.25, 0.3) is 0 Å². The molecule has 3 unspecified atom stereocenters. The van der Waals surface area contributed by atoms with Gasteiger partial charge in [-0.05, 0) is 44.9 Å². The van der Waals surface area contributed by atoms with Crippen molar-refractivity contribution in [2.45, 2.75) is 334 Å². The molecular formula is C61H115NO5. The average Bonchev–Trinajstić information content (AvgIpc) is 3.32. The Morgan fingerprint density at radius 3 is 1.21 bits per heavy atom. The van der Waals surface area contributed by atoms with E-state index in [9.17, 15) is 19.8 Å². The van der Waals surface area contributed by atoms with Gasteiger partial charge in [0.1, 0.15) is 6.10 Å². The highest BCUT2D eigenvalue weighted by atomic mass is 16.5. The number of esters is 1. The summed E-state index contributed by atoms with van der Waals surface area (Å²) in [6.07, 6.45) is 66.4. The van der Waals surface area contributed by atoms with Crippen molar-refractivity contribution in [1.82, 2.24) is 5.32 Å². The highest BCUT2D eigenvalue weighted by molar-refractivity contribution is 5.77. The second-order valence-electron chi connectivity index (χ2n) is 20.4. The zero-order valence-electron chi connectivity index (χ0n) is 45.0. The van der Waals surface area contributed by atoms with Gasteiger partial charge in [-0.2, -0.15) is 0 Å². The highest BCUT2D eigenvalue weighted by Crippen LogP contribution is 2.19. The number of allylic oxidation sites excluding steroid dienone is 6. The summed E-state index contributed by atoms with van der Waals surface area (Å²) in [5.41, 5.74) is 0. The minimum Gasteiger partial charge on any atom is -0.462 e. The smallest absolute Gasteiger partial charge is 0.306 e. The summed E-state index contributed by atoms with van der Waals surface area (Å²) < 4.78 is 5.97. The van der Waals surface area contributed by atoms with Crippen LogP contribution in [0.3, 0.4) is 0 Å². The SMILES string of the molecule is CC/C=C/C=C/C=C/CCCCCCCCCC(=O)OC(CCCCCCCCCCCCCCCCCC)CC(=O)NC(CO)C(O)CCCCCCCCCCCCCCCCCCC. The van der Waals surface area contributed by atoms with Crippen LogP contribution < -0.4 is 5.32 Å². The summed E-state index contributed by atoms with van der Waals surface area (Å²) >= 11 is 0. The molecule has 0 bridgehead atoms. The second kappa shape index (κ2) is 55.0. The van der Waals surface area contributed by atoms with Crippen molar-refractivity contribution in [2.24, 2.45) is 0 Å². The van der Waals surface area contributed by atoms with Crippen LogP contribution in [0.1, 0.15) is 316 Å². The lowest BCUT2D eigenvalue weighted by molar-refractivity contribution is -0.151. The molecule has 0 radical (unpaired) electrons. The van der Waals surface area contributed by atoms with Crippen molar-refractivity contribution in [3.63, 3.8) is 0 Å². The third kappa shape index (κ3) is 50.3. The van der Waals surface area contributed by atoms with Gasteiger partial charge in [-0.3, -0.25) is 9.59 Å². The molecule has 3 atom stereocenters. The Bertz CT molecular complexity index is 1100. The van der Waals surface area contributed by atoms with Crippen molar-refractivity contribution < 1.29 is 24.5 Å². The van der Waals surface area contributed by atoms with E-state index in [1.165, 1.54) is 212 Å². The maximum atomic E-state index is 13.3. The summed E-state index contributed by atoms with van der Waals surface area (Å²) in [5.74, 6) is -0.469. The minimum absolute atomic E-state index is 0.0776. The van der Waals surface area contributed by atoms with Crippen molar-refractivity contribution >= 4 is 11.9 Å². The van der Waals surface area contributed by atoms with Gasteiger partial charge < -0.3 is 20.3 Å². The number of aliphatic hydroxyl groups excluding tert-OH is 2. The molecule has 0 heterocycles. The molecule has 67 heavy (non-hydrogen) atoms. The molecule has 0 saturated carbocycles. The Morgan fingerprint density at radius 1 is 0.448 bits per heavy atom. The molecule has 0 aliphatic heterocycles. The molecule has 0 aliphatic carbocycles. The normalized spacial score (nSPS) is 13.3. The molecule has 0 saturated heterocycles. The van der Waals surface area contributed by atoms with Gasteiger partial charge in [0, 0.05) is 6.42 Å². The fraction of sp³-hybridized carbons (Fsp3) is 0.869. The number of amides is 1. The monoisotopic (exact) mass is 942 g/mol. The van der Waals surface area contributed by atoms with Crippen LogP contribution in [0.2, 0.25) is 0 Å². The number of hydrogen-bond acceptors (Lipinski definition) is 5. The summed E-state index contributed by atoms with van der Waals surface area (Å²) in [7, 11) is 0. The number of aliphatic hydroxyl groups is 2. The zero-order valence-corrected chi connectivity index (χ0v) is 45.0. The standard InChI is InChI=1S/C61H115NO5/c1-4-7-10-13-16-19-22-25-28-30-33-35-38-41-44-47-50-53-59(64)58(56-63)62-60(65)55-57(52-49-46-43-40-37-34-32-29-26-23-20-17-14-11-8-5-2)67-61(66)54-51-48-45-42-39-36-31-27-24-21-18-15-12-9-6-3/h9,12,15,18,21,24,57-59,63-64H,4-8,10-11,13-14,16-17,19-20,22-23,25-56H2,1-3H3,(H,62,65)/b12-9+,18-15+,24-21+. The van der Waals surface area contributed by atoms with Gasteiger partial charge in [0.15, 0.2) is 0 Å². The van der Waals surface area contributed by atoms with Gasteiger partial charge in [-0.1, -0.05) is 295 Å². The molecule has 394 valence electrons. The van der Waals surface area contributed by atoms with E-state index in [-0.39, 0.29) is 24.9 Å². The van der Waals surface area contributed by atoms with Crippen molar-refractivity contribution in [3.05, 3.63) is 36.5 Å². The fourth-order valence-electron chi connectivity index (χ4n) is 9.32. The summed E-state index contributed by atoms with van der Waals surface area (Å²) in [5, 5.41) is 23.9. The van der Waals surface area contributed by atoms with Crippen molar-refractivity contribution in [2.75, 3.05) is 6.61 Å². The van der Waals surface area contributed by atoms with E-state index in [1.54, 1.807) is 0 Å². The summed E-state index contributed by atoms with van der Waals surface area (Å²) in [4.78, 5) is 26.3. The molecule has 0 spiro atoms. The van der Waals surface area contributed by atoms with Crippen LogP contribution in [0, 0.1) is 0 Å². The first-order valence-electron chi connectivity index (χ1n) is 29.7. The number of ether oxygens (including phenoxy) is 1. The predicted molar refractivity (Wildman–Crippen MR) is 292 cm³/mol. The maximum Gasteiger partial charge on any atom is 0.306 e. The first kappa shape index (κ1) is 65.1. The highest BCUT2D eigenvalue weighted by Gasteiger charge is 2.24. The number of nitrogens with one attached hydrogen (secondary N) is 1. The lowest BCUT2D eigenvalue weighted by Gasteiger charge is -2.24. The number of unbranched alkanes of at least 4 members (excludes halogenated alkanes) is 38. The predicted octanol–water partition coefficient (Wildman–Crippen LogP) is 18.4. The summed E-state index contributed by atoms with van der Waals surface area (Å²) in [6, 6.07) is -0.702. The lowest BCUT2D eigenvalue weighted by Crippen LogP contribution is -2.46. The number of hydrogen-bond donors (Lipinski definition) is 3. The zero-order chi connectivity index (χ0) is 48.8. The van der Waals surface area contributed by atoms with Crippen LogP contribution >= 0.6 is 0 Å². The molecule has 0 rings (SSSR count). The molecule has 0 aromatic rings. The van der Waals surface area contributed by atoms with Gasteiger partial charge in [-0.15, -0.1) is 0 Å². The van der Waals surface area contributed by atoms with Gasteiger partial charge in [0.05, 0.1) is 25.2 Å². The quantitative estimate of drug-likeness (QED) is 0.0321. The second-order valence-corrected chi connectivity index (χ2v) is 20.4. The molecule has 6 heteroatoms. The Balaban J connectivity index is 4.51. The van der Waals surface area contributed by atoms with E-state index in [4.69, 9.17) is 4.74 Å². The Labute approximate surface area is 417 Å². The number of carbonyl (C=O) groups is 2. The third-order valence-corrected chi connectivity index (χ3v) is 13.8. The largest absolute Gasteiger partial charge is 0.462 e. The Morgan fingerprint density at radius 2 is 0.806 bits per heavy atom. The van der Waals surface area contributed by atoms with Crippen LogP contribution in [0.5, 0.6) is 0 Å². The van der Waals surface area contributed by atoms with Gasteiger partial charge in [0.2, 0.25) is 5.91 Å². The third-order valence-electron chi connectivity index (χ3n) is 13.8. The van der Waals surface area contributed by atoms with Gasteiger partial charge in [-0.25, -0.2) is 0 Å². The van der Waals surface area contributed by atoms with E-state index in [1.807, 2.05) is 0 Å². The fourth-order valence-corrected chi connectivity index (χ4v) is 9.32. The van der Waals surface area contributed by atoms with Crippen LogP contribution in [-0.2, 0) is 14.3 Å². The first-order valence-corrected chi connectivity index (χ1v) is 29.7. The van der Waals surface area contributed by atoms with Crippen LogP contribution in [0.15, 0.2) is 36.5 Å². The van der Waals surface area contributed by atoms with Crippen LogP contribution in [0.4, 0.5) is 0 Å². The van der Waals surface area contributed by atoms with E-state index in [0.717, 1.165) is 57.8 Å². The Hall–Kier alpha value is -1.92. The van der Waals surface area contributed by atoms with Crippen molar-refractivity contribution in [1.29, 1.82) is 0 Å². The van der Waals surface area contributed by atoms with E-state index < -0.39 is 18.2 Å². The molecule has 0 fully saturated rings. The first-order chi connectivity index (χ1) is 33.0. The summed E-state index contributed by atoms with van der Waals surface area (Å²) in [6.45, 7) is 6.40. The topological polar surface area (TPSA) is 95.9 Å². The molecule has 0 aromatic heterocycles. The molecule has 6 nitrogen and oxygen atoms in total. The van der Waals surface area contributed by atoms with Gasteiger partial charge in [0.25, 0.3) is 0 Å². The van der Waals surface area contributed by atoms with E-state index >= 15 is 0 Å². The minimum atomic E-state index is -0.788. The average molecular weight is 943 g/mol. The molecular weight excluding hydrogens is 827 g/mol. The number of rotatable bonds is 54.